The predicted molar refractivity (Wildman–Crippen MR) is 76.7 cm³/mol. The normalized spacial score (nSPS) is 24.1. The highest BCUT2D eigenvalue weighted by molar-refractivity contribution is 5.12. The predicted octanol–water partition coefficient (Wildman–Crippen LogP) is 4.08. The van der Waals surface area contributed by atoms with E-state index in [-0.39, 0.29) is 12.7 Å². The number of unbranched alkanes of at least 4 members (excludes halogenated alkanes) is 6. The largest absolute Gasteiger partial charge is 0.392 e. The van der Waals surface area contributed by atoms with Crippen LogP contribution in [0.5, 0.6) is 0 Å². The molecular weight excluding hydrogens is 224 g/mol. The lowest BCUT2D eigenvalue weighted by atomic mass is 9.96. The van der Waals surface area contributed by atoms with Crippen LogP contribution >= 0.6 is 0 Å². The Morgan fingerprint density at radius 3 is 2.50 bits per heavy atom. The van der Waals surface area contributed by atoms with Crippen molar-refractivity contribution in [1.29, 1.82) is 0 Å². The minimum absolute atomic E-state index is 0.158. The van der Waals surface area contributed by atoms with Crippen molar-refractivity contribution >= 4 is 0 Å². The second-order valence-corrected chi connectivity index (χ2v) is 5.61. The molecule has 1 aliphatic heterocycles. The van der Waals surface area contributed by atoms with E-state index in [0.29, 0.717) is 5.92 Å². The van der Waals surface area contributed by atoms with Crippen LogP contribution in [0.3, 0.4) is 0 Å². The first-order valence-electron chi connectivity index (χ1n) is 7.71. The van der Waals surface area contributed by atoms with E-state index in [1.54, 1.807) is 0 Å². The molecule has 0 aromatic heterocycles. The third-order valence-electron chi connectivity index (χ3n) is 3.72. The number of hydrogen-bond donors (Lipinski definition) is 1. The van der Waals surface area contributed by atoms with Crippen molar-refractivity contribution in [2.45, 2.75) is 71.3 Å². The van der Waals surface area contributed by atoms with E-state index in [9.17, 15) is 5.11 Å². The molecular formula is C16H30O2. The fraction of sp³-hybridized carbons (Fsp3) is 0.875. The zero-order chi connectivity index (χ0) is 13.2. The van der Waals surface area contributed by atoms with Gasteiger partial charge in [0.2, 0.25) is 0 Å². The summed E-state index contributed by atoms with van der Waals surface area (Å²) in [5.74, 6) is 0.456. The highest BCUT2D eigenvalue weighted by Gasteiger charge is 2.20. The van der Waals surface area contributed by atoms with Gasteiger partial charge in [0.25, 0.3) is 0 Å². The van der Waals surface area contributed by atoms with Crippen LogP contribution in [0.4, 0.5) is 0 Å². The van der Waals surface area contributed by atoms with Crippen LogP contribution in [0.1, 0.15) is 65.2 Å². The number of aliphatic hydroxyl groups is 1. The van der Waals surface area contributed by atoms with Gasteiger partial charge in [-0.1, -0.05) is 64.9 Å². The molecule has 1 rings (SSSR count). The van der Waals surface area contributed by atoms with E-state index in [1.807, 2.05) is 0 Å². The lowest BCUT2D eigenvalue weighted by molar-refractivity contribution is 0.0364. The van der Waals surface area contributed by atoms with Gasteiger partial charge in [-0.05, 0) is 17.9 Å². The summed E-state index contributed by atoms with van der Waals surface area (Å²) in [6.45, 7) is 5.36. The second kappa shape index (κ2) is 9.57. The Bertz CT molecular complexity index is 235. The van der Waals surface area contributed by atoms with Gasteiger partial charge in [0, 0.05) is 0 Å². The average Bonchev–Trinajstić information content (AvgIpc) is 2.39. The molecule has 1 heterocycles. The van der Waals surface area contributed by atoms with E-state index >= 15 is 0 Å². The quantitative estimate of drug-likeness (QED) is 0.496. The summed E-state index contributed by atoms with van der Waals surface area (Å²) < 4.78 is 5.81. The molecule has 0 radical (unpaired) electrons. The van der Waals surface area contributed by atoms with E-state index in [0.717, 1.165) is 18.6 Å². The topological polar surface area (TPSA) is 29.5 Å². The highest BCUT2D eigenvalue weighted by atomic mass is 16.5. The minimum Gasteiger partial charge on any atom is -0.392 e. The molecule has 0 spiro atoms. The maximum Gasteiger partial charge on any atom is 0.0807 e. The molecule has 2 unspecified atom stereocenters. The van der Waals surface area contributed by atoms with Gasteiger partial charge in [-0.2, -0.15) is 0 Å². The van der Waals surface area contributed by atoms with Gasteiger partial charge < -0.3 is 9.84 Å². The molecule has 0 aromatic carbocycles. The molecule has 2 atom stereocenters. The van der Waals surface area contributed by atoms with Gasteiger partial charge in [-0.3, -0.25) is 0 Å². The van der Waals surface area contributed by atoms with Crippen LogP contribution in [0.2, 0.25) is 0 Å². The number of aliphatic hydroxyl groups excluding tert-OH is 1. The number of rotatable bonds is 9. The zero-order valence-electron chi connectivity index (χ0n) is 12.2. The number of hydrogen-bond acceptors (Lipinski definition) is 2. The van der Waals surface area contributed by atoms with E-state index < -0.39 is 0 Å². The summed E-state index contributed by atoms with van der Waals surface area (Å²) in [6, 6.07) is 0. The summed E-state index contributed by atoms with van der Waals surface area (Å²) in [5, 5.41) is 9.33. The van der Waals surface area contributed by atoms with Gasteiger partial charge in [-0.15, -0.1) is 0 Å². The molecule has 2 heteroatoms. The molecule has 0 saturated carbocycles. The van der Waals surface area contributed by atoms with Crippen molar-refractivity contribution in [3.63, 3.8) is 0 Å². The Morgan fingerprint density at radius 1 is 1.17 bits per heavy atom. The maximum atomic E-state index is 9.33. The number of ether oxygens (including phenoxy) is 1. The lowest BCUT2D eigenvalue weighted by Crippen LogP contribution is -2.26. The van der Waals surface area contributed by atoms with E-state index in [4.69, 9.17) is 4.74 Å². The van der Waals surface area contributed by atoms with Crippen molar-refractivity contribution in [3.8, 4) is 0 Å². The molecule has 0 amide bonds. The van der Waals surface area contributed by atoms with Crippen molar-refractivity contribution in [3.05, 3.63) is 11.6 Å². The van der Waals surface area contributed by atoms with E-state index in [2.05, 4.69) is 19.9 Å². The zero-order valence-corrected chi connectivity index (χ0v) is 12.2. The summed E-state index contributed by atoms with van der Waals surface area (Å²) in [4.78, 5) is 0. The lowest BCUT2D eigenvalue weighted by Gasteiger charge is -2.27. The van der Waals surface area contributed by atoms with Gasteiger partial charge in [0.15, 0.2) is 0 Å². The Balaban J connectivity index is 2.09. The third kappa shape index (κ3) is 6.01. The fourth-order valence-corrected chi connectivity index (χ4v) is 2.61. The fourth-order valence-electron chi connectivity index (χ4n) is 2.61. The van der Waals surface area contributed by atoms with Crippen LogP contribution < -0.4 is 0 Å². The summed E-state index contributed by atoms with van der Waals surface area (Å²) in [6.07, 6.45) is 12.8. The molecule has 1 N–H and O–H groups in total. The Labute approximate surface area is 112 Å². The maximum absolute atomic E-state index is 9.33. The smallest absolute Gasteiger partial charge is 0.0807 e. The molecule has 2 nitrogen and oxygen atoms in total. The van der Waals surface area contributed by atoms with Crippen molar-refractivity contribution < 1.29 is 9.84 Å². The van der Waals surface area contributed by atoms with Gasteiger partial charge in [0.05, 0.1) is 19.3 Å². The SMILES string of the molecule is CCCCCCCCCC1OCC(C)C=C1CO. The van der Waals surface area contributed by atoms with Crippen LogP contribution in [-0.2, 0) is 4.74 Å². The van der Waals surface area contributed by atoms with Crippen LogP contribution in [0, 0.1) is 5.92 Å². The molecule has 106 valence electrons. The summed E-state index contributed by atoms with van der Waals surface area (Å²) in [7, 11) is 0. The van der Waals surface area contributed by atoms with Gasteiger partial charge in [-0.25, -0.2) is 0 Å². The second-order valence-electron chi connectivity index (χ2n) is 5.61. The standard InChI is InChI=1S/C16H30O2/c1-3-4-5-6-7-8-9-10-16-15(12-17)11-14(2)13-18-16/h11,14,16-17H,3-10,12-13H2,1-2H3. The highest BCUT2D eigenvalue weighted by Crippen LogP contribution is 2.22. The van der Waals surface area contributed by atoms with Crippen molar-refractivity contribution in [2.75, 3.05) is 13.2 Å². The first-order valence-corrected chi connectivity index (χ1v) is 7.71. The molecule has 18 heavy (non-hydrogen) atoms. The van der Waals surface area contributed by atoms with Gasteiger partial charge >= 0.3 is 0 Å². The van der Waals surface area contributed by atoms with Crippen LogP contribution in [0.15, 0.2) is 11.6 Å². The molecule has 1 aliphatic rings. The molecule has 0 bridgehead atoms. The molecule has 0 aliphatic carbocycles. The van der Waals surface area contributed by atoms with Gasteiger partial charge in [0.1, 0.15) is 0 Å². The molecule has 0 aromatic rings. The van der Waals surface area contributed by atoms with Crippen molar-refractivity contribution in [1.82, 2.24) is 0 Å². The average molecular weight is 254 g/mol. The molecule has 0 saturated heterocycles. The first kappa shape index (κ1) is 15.7. The Kier molecular flexibility index (Phi) is 8.36. The molecule has 0 fully saturated rings. The van der Waals surface area contributed by atoms with Crippen LogP contribution in [-0.4, -0.2) is 24.4 Å². The summed E-state index contributed by atoms with van der Waals surface area (Å²) in [5.41, 5.74) is 1.10. The Hall–Kier alpha value is -0.340. The van der Waals surface area contributed by atoms with Crippen molar-refractivity contribution in [2.24, 2.45) is 5.92 Å². The van der Waals surface area contributed by atoms with E-state index in [1.165, 1.54) is 44.9 Å². The summed E-state index contributed by atoms with van der Waals surface area (Å²) >= 11 is 0. The van der Waals surface area contributed by atoms with Crippen LogP contribution in [0.25, 0.3) is 0 Å². The first-order chi connectivity index (χ1) is 8.77. The third-order valence-corrected chi connectivity index (χ3v) is 3.72. The Morgan fingerprint density at radius 2 is 1.83 bits per heavy atom. The monoisotopic (exact) mass is 254 g/mol. The minimum atomic E-state index is 0.158.